The van der Waals surface area contributed by atoms with Gasteiger partial charge in [0.2, 0.25) is 0 Å². The van der Waals surface area contributed by atoms with Crippen molar-refractivity contribution in [3.8, 4) is 5.75 Å². The van der Waals surface area contributed by atoms with Crippen LogP contribution in [-0.4, -0.2) is 23.2 Å². The Morgan fingerprint density at radius 3 is 2.67 bits per heavy atom. The molecule has 2 heterocycles. The van der Waals surface area contributed by atoms with E-state index in [1.165, 1.54) is 0 Å². The third-order valence-electron chi connectivity index (χ3n) is 4.09. The summed E-state index contributed by atoms with van der Waals surface area (Å²) in [6.07, 6.45) is 1.27. The van der Waals surface area contributed by atoms with E-state index in [2.05, 4.69) is 15.5 Å². The van der Waals surface area contributed by atoms with Crippen LogP contribution in [0.1, 0.15) is 22.2 Å². The fourth-order valence-electron chi connectivity index (χ4n) is 2.97. The summed E-state index contributed by atoms with van der Waals surface area (Å²) < 4.78 is 5.45. The fourth-order valence-corrected chi connectivity index (χ4v) is 2.97. The quantitative estimate of drug-likeness (QED) is 0.777. The highest BCUT2D eigenvalue weighted by Gasteiger charge is 2.35. The number of rotatable bonds is 3. The number of H-pyrrole nitrogens is 1. The lowest BCUT2D eigenvalue weighted by atomic mass is 10.0. The van der Waals surface area contributed by atoms with E-state index >= 15 is 0 Å². The van der Waals surface area contributed by atoms with E-state index in [0.29, 0.717) is 17.0 Å². The average molecular weight is 320 g/mol. The van der Waals surface area contributed by atoms with Crippen molar-refractivity contribution >= 4 is 17.3 Å². The molecule has 120 valence electrons. The van der Waals surface area contributed by atoms with E-state index in [-0.39, 0.29) is 5.91 Å². The summed E-state index contributed by atoms with van der Waals surface area (Å²) in [7, 11) is 1.60. The third-order valence-corrected chi connectivity index (χ3v) is 4.09. The Balaban J connectivity index is 1.89. The first-order valence-electron chi connectivity index (χ1n) is 7.61. The number of carbonyl (C=O) groups excluding carboxylic acids is 1. The molecule has 1 amide bonds. The lowest BCUT2D eigenvalue weighted by Crippen LogP contribution is -2.43. The van der Waals surface area contributed by atoms with E-state index < -0.39 is 6.17 Å². The average Bonchev–Trinajstić information content (AvgIpc) is 3.16. The number of anilines is 2. The maximum atomic E-state index is 13.2. The zero-order chi connectivity index (χ0) is 16.5. The Morgan fingerprint density at radius 2 is 1.88 bits per heavy atom. The zero-order valence-corrected chi connectivity index (χ0v) is 13.1. The normalized spacial score (nSPS) is 16.5. The standard InChI is InChI=1S/C18H16N4O2/c1-24-16-9-5-4-8-15(16)22-17(14-10-11-19-21-14)20-13-7-3-2-6-12(13)18(22)23/h2-11,17,20H,1H3,(H,19,21). The lowest BCUT2D eigenvalue weighted by Gasteiger charge is -2.37. The van der Waals surface area contributed by atoms with E-state index in [4.69, 9.17) is 4.74 Å². The van der Waals surface area contributed by atoms with Gasteiger partial charge in [0.15, 0.2) is 0 Å². The van der Waals surface area contributed by atoms with Gasteiger partial charge in [0.25, 0.3) is 5.91 Å². The van der Waals surface area contributed by atoms with Gasteiger partial charge in [-0.1, -0.05) is 24.3 Å². The van der Waals surface area contributed by atoms with Gasteiger partial charge in [-0.2, -0.15) is 5.10 Å². The molecule has 24 heavy (non-hydrogen) atoms. The molecule has 0 bridgehead atoms. The number of hydrogen-bond acceptors (Lipinski definition) is 4. The minimum absolute atomic E-state index is 0.0894. The largest absolute Gasteiger partial charge is 0.495 e. The zero-order valence-electron chi connectivity index (χ0n) is 13.1. The van der Waals surface area contributed by atoms with E-state index in [1.54, 1.807) is 18.2 Å². The van der Waals surface area contributed by atoms with Crippen molar-refractivity contribution < 1.29 is 9.53 Å². The van der Waals surface area contributed by atoms with Crippen LogP contribution in [-0.2, 0) is 0 Å². The number of hydrogen-bond donors (Lipinski definition) is 2. The van der Waals surface area contributed by atoms with Crippen LogP contribution in [0.2, 0.25) is 0 Å². The number of carbonyl (C=O) groups is 1. The summed E-state index contributed by atoms with van der Waals surface area (Å²) in [4.78, 5) is 14.9. The maximum Gasteiger partial charge on any atom is 0.262 e. The first-order chi connectivity index (χ1) is 11.8. The summed E-state index contributed by atoms with van der Waals surface area (Å²) in [6, 6.07) is 16.8. The Hall–Kier alpha value is -3.28. The van der Waals surface area contributed by atoms with Crippen molar-refractivity contribution in [1.82, 2.24) is 10.2 Å². The molecular formula is C18H16N4O2. The molecule has 2 aromatic carbocycles. The third kappa shape index (κ3) is 2.20. The second kappa shape index (κ2) is 5.73. The van der Waals surface area contributed by atoms with Gasteiger partial charge in [0.1, 0.15) is 11.9 Å². The first-order valence-corrected chi connectivity index (χ1v) is 7.61. The molecule has 1 aliphatic rings. The highest BCUT2D eigenvalue weighted by molar-refractivity contribution is 6.12. The van der Waals surface area contributed by atoms with Crippen LogP contribution in [0.25, 0.3) is 0 Å². The van der Waals surface area contributed by atoms with Crippen LogP contribution in [0.3, 0.4) is 0 Å². The Morgan fingerprint density at radius 1 is 1.08 bits per heavy atom. The highest BCUT2D eigenvalue weighted by Crippen LogP contribution is 2.39. The van der Waals surface area contributed by atoms with Crippen molar-refractivity contribution in [2.75, 3.05) is 17.3 Å². The van der Waals surface area contributed by atoms with Crippen LogP contribution in [0, 0.1) is 0 Å². The van der Waals surface area contributed by atoms with Crippen molar-refractivity contribution in [3.05, 3.63) is 72.1 Å². The van der Waals surface area contributed by atoms with E-state index in [1.807, 2.05) is 54.6 Å². The predicted octanol–water partition coefficient (Wildman–Crippen LogP) is 3.19. The van der Waals surface area contributed by atoms with Crippen molar-refractivity contribution in [2.45, 2.75) is 6.17 Å². The smallest absolute Gasteiger partial charge is 0.262 e. The minimum Gasteiger partial charge on any atom is -0.495 e. The number of nitrogens with zero attached hydrogens (tertiary/aromatic N) is 2. The highest BCUT2D eigenvalue weighted by atomic mass is 16.5. The summed E-state index contributed by atoms with van der Waals surface area (Å²) in [6.45, 7) is 0. The topological polar surface area (TPSA) is 70.2 Å². The summed E-state index contributed by atoms with van der Waals surface area (Å²) in [5.74, 6) is 0.546. The van der Waals surface area contributed by atoms with Crippen molar-refractivity contribution in [3.63, 3.8) is 0 Å². The lowest BCUT2D eigenvalue weighted by molar-refractivity contribution is 0.0973. The summed E-state index contributed by atoms with van der Waals surface area (Å²) >= 11 is 0. The predicted molar refractivity (Wildman–Crippen MR) is 91.2 cm³/mol. The van der Waals surface area contributed by atoms with Gasteiger partial charge in [-0.05, 0) is 30.3 Å². The van der Waals surface area contributed by atoms with Gasteiger partial charge < -0.3 is 10.1 Å². The molecule has 6 nitrogen and oxygen atoms in total. The molecule has 1 aromatic heterocycles. The molecule has 1 unspecified atom stereocenters. The summed E-state index contributed by atoms with van der Waals surface area (Å²) in [5, 5.41) is 10.4. The van der Waals surface area contributed by atoms with E-state index in [0.717, 1.165) is 11.4 Å². The number of aromatic amines is 1. The van der Waals surface area contributed by atoms with Crippen molar-refractivity contribution in [2.24, 2.45) is 0 Å². The first kappa shape index (κ1) is 14.3. The van der Waals surface area contributed by atoms with Gasteiger partial charge in [-0.3, -0.25) is 14.8 Å². The van der Waals surface area contributed by atoms with Crippen LogP contribution < -0.4 is 15.0 Å². The number of amides is 1. The monoisotopic (exact) mass is 320 g/mol. The molecule has 1 atom stereocenters. The van der Waals surface area contributed by atoms with Gasteiger partial charge in [0, 0.05) is 11.9 Å². The molecule has 0 saturated carbocycles. The minimum atomic E-state index is -0.397. The van der Waals surface area contributed by atoms with Crippen LogP contribution in [0.5, 0.6) is 5.75 Å². The summed E-state index contributed by atoms with van der Waals surface area (Å²) in [5.41, 5.74) is 2.92. The molecule has 0 fully saturated rings. The van der Waals surface area contributed by atoms with Gasteiger partial charge in [-0.25, -0.2) is 0 Å². The molecule has 0 aliphatic carbocycles. The van der Waals surface area contributed by atoms with Gasteiger partial charge >= 0.3 is 0 Å². The molecule has 2 N–H and O–H groups in total. The molecule has 0 saturated heterocycles. The molecule has 1 aliphatic heterocycles. The Labute approximate surface area is 139 Å². The maximum absolute atomic E-state index is 13.2. The van der Waals surface area contributed by atoms with E-state index in [9.17, 15) is 4.79 Å². The number of para-hydroxylation sites is 3. The number of ether oxygens (including phenoxy) is 1. The van der Waals surface area contributed by atoms with Crippen LogP contribution in [0.15, 0.2) is 60.8 Å². The van der Waals surface area contributed by atoms with Gasteiger partial charge in [-0.15, -0.1) is 0 Å². The number of nitrogens with one attached hydrogen (secondary N) is 2. The van der Waals surface area contributed by atoms with Crippen LogP contribution in [0.4, 0.5) is 11.4 Å². The molecule has 4 rings (SSSR count). The van der Waals surface area contributed by atoms with Gasteiger partial charge in [0.05, 0.1) is 24.1 Å². The Bertz CT molecular complexity index is 876. The fraction of sp³-hybridized carbons (Fsp3) is 0.111. The molecule has 6 heteroatoms. The van der Waals surface area contributed by atoms with Crippen molar-refractivity contribution in [1.29, 1.82) is 0 Å². The molecule has 0 radical (unpaired) electrons. The number of benzene rings is 2. The SMILES string of the molecule is COc1ccccc1N1C(=O)c2ccccc2NC1c1ccn[nH]1. The molecule has 3 aromatic rings. The second-order valence-electron chi connectivity index (χ2n) is 5.45. The second-order valence-corrected chi connectivity index (χ2v) is 5.45. The molecular weight excluding hydrogens is 304 g/mol. The van der Waals surface area contributed by atoms with Crippen LogP contribution >= 0.6 is 0 Å². The Kier molecular flexibility index (Phi) is 3.42. The number of aromatic nitrogens is 2. The number of methoxy groups -OCH3 is 1. The molecule has 0 spiro atoms. The number of fused-ring (bicyclic) bond motifs is 1.